The van der Waals surface area contributed by atoms with E-state index in [0.29, 0.717) is 19.3 Å². The van der Waals surface area contributed by atoms with Crippen molar-refractivity contribution in [3.63, 3.8) is 0 Å². The molecule has 0 aromatic carbocycles. The SMILES string of the molecule is CCCCCCCCC/C=C\CCCCCC(=O)OCC(COP(=O)(O)OC1C(OC2OC(CO)C(O)C(O)C2O)C(O)C(O)C(O)C1OC1OC(COC(=O)CCCCCCCCCCCCCC)C(O)C(O)C1O)OC(=O)CCCCCCCCCCCCC. The first kappa shape index (κ1) is 83.9. The molecule has 2 heterocycles. The minimum absolute atomic E-state index is 0.0276. The first-order valence-electron chi connectivity index (χ1n) is 35.5. The Kier molecular flexibility index (Phi) is 45.7. The van der Waals surface area contributed by atoms with Gasteiger partial charge in [-0.05, 0) is 44.9 Å². The molecule has 24 nitrogen and oxygen atoms in total. The number of rotatable bonds is 54. The summed E-state index contributed by atoms with van der Waals surface area (Å²) in [6.07, 6.45) is 6.06. The Balaban J connectivity index is 1.76. The number of esters is 3. The summed E-state index contributed by atoms with van der Waals surface area (Å²) in [5, 5.41) is 110. The second kappa shape index (κ2) is 50.1. The fourth-order valence-corrected chi connectivity index (χ4v) is 12.7. The predicted octanol–water partition coefficient (Wildman–Crippen LogP) is 8.40. The average Bonchev–Trinajstić information content (AvgIpc) is 0.770. The fraction of sp³-hybridized carbons (Fsp3) is 0.925. The molecule has 11 N–H and O–H groups in total. The first-order valence-corrected chi connectivity index (χ1v) is 37.0. The predicted molar refractivity (Wildman–Crippen MR) is 342 cm³/mol. The molecule has 2 aliphatic heterocycles. The average molecular weight is 1340 g/mol. The van der Waals surface area contributed by atoms with E-state index in [9.17, 15) is 74.9 Å². The van der Waals surface area contributed by atoms with E-state index >= 15 is 0 Å². The van der Waals surface area contributed by atoms with Crippen LogP contribution in [0.3, 0.4) is 0 Å². The number of carbonyl (C=O) groups is 3. The van der Waals surface area contributed by atoms with Crippen molar-refractivity contribution in [2.75, 3.05) is 26.4 Å². The van der Waals surface area contributed by atoms with Crippen LogP contribution in [0.5, 0.6) is 0 Å². The van der Waals surface area contributed by atoms with E-state index in [1.54, 1.807) is 0 Å². The number of phosphoric ester groups is 1. The van der Waals surface area contributed by atoms with E-state index in [0.717, 1.165) is 96.3 Å². The third kappa shape index (κ3) is 33.8. The number of carbonyl (C=O) groups excluding carboxylic acids is 3. The molecule has 0 amide bonds. The van der Waals surface area contributed by atoms with E-state index in [1.807, 2.05) is 0 Å². The van der Waals surface area contributed by atoms with Gasteiger partial charge in [0.15, 0.2) is 18.7 Å². The number of aliphatic hydroxyl groups is 10. The zero-order valence-corrected chi connectivity index (χ0v) is 56.7. The Morgan fingerprint density at radius 1 is 0.413 bits per heavy atom. The normalized spacial score (nSPS) is 28.7. The summed E-state index contributed by atoms with van der Waals surface area (Å²) in [7, 11) is -5.69. The minimum atomic E-state index is -5.69. The molecular weight excluding hydrogens is 1220 g/mol. The topological polar surface area (TPSA) is 374 Å². The Morgan fingerprint density at radius 3 is 1.18 bits per heavy atom. The molecule has 2 saturated heterocycles. The van der Waals surface area contributed by atoms with Crippen LogP contribution < -0.4 is 0 Å². The van der Waals surface area contributed by atoms with Crippen LogP contribution in [-0.2, 0) is 61.2 Å². The summed E-state index contributed by atoms with van der Waals surface area (Å²) >= 11 is 0. The zero-order chi connectivity index (χ0) is 67.5. The van der Waals surface area contributed by atoms with Crippen LogP contribution in [0.1, 0.15) is 265 Å². The highest BCUT2D eigenvalue weighted by Crippen LogP contribution is 2.49. The van der Waals surface area contributed by atoms with Crippen LogP contribution in [-0.4, -0.2) is 204 Å². The molecule has 0 bridgehead atoms. The van der Waals surface area contributed by atoms with Gasteiger partial charge in [-0.15, -0.1) is 0 Å². The van der Waals surface area contributed by atoms with E-state index in [-0.39, 0.29) is 19.3 Å². The van der Waals surface area contributed by atoms with Gasteiger partial charge >= 0.3 is 25.7 Å². The fourth-order valence-electron chi connectivity index (χ4n) is 11.7. The van der Waals surface area contributed by atoms with Crippen LogP contribution in [0.2, 0.25) is 0 Å². The molecule has 3 fully saturated rings. The molecule has 3 aliphatic rings. The zero-order valence-electron chi connectivity index (χ0n) is 55.8. The second-order valence-corrected chi connectivity index (χ2v) is 27.0. The van der Waals surface area contributed by atoms with Gasteiger partial charge in [0.05, 0.1) is 13.2 Å². The first-order chi connectivity index (χ1) is 44.3. The van der Waals surface area contributed by atoms with Crippen LogP contribution in [0.4, 0.5) is 0 Å². The lowest BCUT2D eigenvalue weighted by Crippen LogP contribution is -2.69. The van der Waals surface area contributed by atoms with Crippen molar-refractivity contribution in [1.29, 1.82) is 0 Å². The van der Waals surface area contributed by atoms with E-state index < -0.39 is 156 Å². The Hall–Kier alpha value is -2.30. The smallest absolute Gasteiger partial charge is 0.463 e. The molecule has 92 heavy (non-hydrogen) atoms. The monoisotopic (exact) mass is 1340 g/mol. The highest BCUT2D eigenvalue weighted by molar-refractivity contribution is 7.47. The third-order valence-corrected chi connectivity index (χ3v) is 18.5. The lowest BCUT2D eigenvalue weighted by Gasteiger charge is -2.49. The van der Waals surface area contributed by atoms with Crippen LogP contribution >= 0.6 is 7.82 Å². The van der Waals surface area contributed by atoms with E-state index in [4.69, 9.17) is 42.2 Å². The van der Waals surface area contributed by atoms with Crippen molar-refractivity contribution in [3.05, 3.63) is 12.2 Å². The van der Waals surface area contributed by atoms with Gasteiger partial charge in [-0.1, -0.05) is 213 Å². The van der Waals surface area contributed by atoms with Crippen molar-refractivity contribution in [1.82, 2.24) is 0 Å². The van der Waals surface area contributed by atoms with Crippen molar-refractivity contribution in [3.8, 4) is 0 Å². The van der Waals surface area contributed by atoms with Crippen molar-refractivity contribution in [2.45, 2.75) is 369 Å². The Labute approximate surface area is 548 Å². The highest BCUT2D eigenvalue weighted by Gasteiger charge is 2.58. The molecule has 3 rings (SSSR count). The van der Waals surface area contributed by atoms with Gasteiger partial charge in [-0.2, -0.15) is 0 Å². The van der Waals surface area contributed by atoms with Crippen LogP contribution in [0.15, 0.2) is 12.2 Å². The molecular formula is C67H123O24P. The molecule has 0 aromatic rings. The number of hydrogen-bond donors (Lipinski definition) is 11. The molecule has 1 saturated carbocycles. The number of allylic oxidation sites excluding steroid dienone is 2. The molecule has 1 aliphatic carbocycles. The molecule has 18 atom stereocenters. The van der Waals surface area contributed by atoms with Crippen LogP contribution in [0.25, 0.3) is 0 Å². The maximum Gasteiger partial charge on any atom is 0.472 e. The summed E-state index contributed by atoms with van der Waals surface area (Å²) in [6, 6.07) is 0. The molecule has 18 unspecified atom stereocenters. The number of ether oxygens (including phenoxy) is 7. The third-order valence-electron chi connectivity index (χ3n) is 17.5. The quantitative estimate of drug-likeness (QED) is 0.00894. The van der Waals surface area contributed by atoms with E-state index in [1.165, 1.54) is 109 Å². The van der Waals surface area contributed by atoms with Gasteiger partial charge < -0.3 is 89.1 Å². The molecule has 0 spiro atoms. The van der Waals surface area contributed by atoms with Crippen molar-refractivity contribution in [2.24, 2.45) is 0 Å². The molecule has 25 heteroatoms. The minimum Gasteiger partial charge on any atom is -0.463 e. The van der Waals surface area contributed by atoms with Crippen molar-refractivity contribution >= 4 is 25.7 Å². The summed E-state index contributed by atoms with van der Waals surface area (Å²) < 4.78 is 64.8. The summed E-state index contributed by atoms with van der Waals surface area (Å²) in [6.45, 7) is 3.38. The van der Waals surface area contributed by atoms with Crippen LogP contribution in [0, 0.1) is 0 Å². The van der Waals surface area contributed by atoms with Gasteiger partial charge in [-0.3, -0.25) is 23.4 Å². The summed E-state index contributed by atoms with van der Waals surface area (Å²) in [4.78, 5) is 50.8. The molecule has 0 radical (unpaired) electrons. The maximum atomic E-state index is 14.3. The number of hydrogen-bond acceptors (Lipinski definition) is 23. The second-order valence-electron chi connectivity index (χ2n) is 25.6. The molecule has 540 valence electrons. The lowest BCUT2D eigenvalue weighted by molar-refractivity contribution is -0.360. The standard InChI is InChI=1S/C67H123O24P/c1-4-7-10-13-16-19-22-24-25-28-30-32-35-38-41-51(69)83-45-48(86-53(71)43-40-37-34-31-26-21-18-15-12-9-6-3)46-85-92(81,82)91-65-63(89-66-61(79)56(74)54(72)49(44-68)87-66)59(77)58(76)60(78)64(65)90-67-62(80)57(75)55(73)50(88-67)47-84-52(70)42-39-36-33-29-27-23-20-17-14-11-8-5-2/h25,28,48-50,54-68,72-80H,4-24,26-27,29-47H2,1-3H3,(H,81,82)/b28-25-. The summed E-state index contributed by atoms with van der Waals surface area (Å²) in [5.41, 5.74) is 0. The van der Waals surface area contributed by atoms with Crippen molar-refractivity contribution < 1.29 is 117 Å². The lowest BCUT2D eigenvalue weighted by atomic mass is 9.84. The number of phosphoric acid groups is 1. The number of aliphatic hydroxyl groups excluding tert-OH is 10. The molecule has 0 aromatic heterocycles. The van der Waals surface area contributed by atoms with Gasteiger partial charge in [0.1, 0.15) is 98.7 Å². The highest BCUT2D eigenvalue weighted by atomic mass is 31.2. The van der Waals surface area contributed by atoms with E-state index in [2.05, 4.69) is 32.9 Å². The Morgan fingerprint density at radius 2 is 0.761 bits per heavy atom. The maximum absolute atomic E-state index is 14.3. The van der Waals surface area contributed by atoms with Gasteiger partial charge in [0, 0.05) is 19.3 Å². The van der Waals surface area contributed by atoms with Gasteiger partial charge in [0.25, 0.3) is 0 Å². The van der Waals surface area contributed by atoms with Gasteiger partial charge in [0.2, 0.25) is 0 Å². The Bertz CT molecular complexity index is 1970. The number of unbranched alkanes of at least 4 members (excludes halogenated alkanes) is 31. The summed E-state index contributed by atoms with van der Waals surface area (Å²) in [5.74, 6) is -2.01. The largest absolute Gasteiger partial charge is 0.472 e. The van der Waals surface area contributed by atoms with Gasteiger partial charge in [-0.25, -0.2) is 4.57 Å².